The summed E-state index contributed by atoms with van der Waals surface area (Å²) in [6.07, 6.45) is 2.17. The Bertz CT molecular complexity index is 475. The SMILES string of the molecule is CC1NCCCC1NC(=O)C1COc2ccccc21. The van der Waals surface area contributed by atoms with Gasteiger partial charge in [0.2, 0.25) is 5.91 Å². The predicted molar refractivity (Wildman–Crippen MR) is 73.3 cm³/mol. The van der Waals surface area contributed by atoms with Crippen molar-refractivity contribution in [2.45, 2.75) is 37.8 Å². The van der Waals surface area contributed by atoms with Crippen molar-refractivity contribution in [3.63, 3.8) is 0 Å². The van der Waals surface area contributed by atoms with Gasteiger partial charge in [-0.2, -0.15) is 0 Å². The highest BCUT2D eigenvalue weighted by atomic mass is 16.5. The van der Waals surface area contributed by atoms with Crippen molar-refractivity contribution < 1.29 is 9.53 Å². The Morgan fingerprint density at radius 1 is 1.42 bits per heavy atom. The van der Waals surface area contributed by atoms with Crippen LogP contribution < -0.4 is 15.4 Å². The molecule has 0 saturated carbocycles. The molecule has 4 nitrogen and oxygen atoms in total. The van der Waals surface area contributed by atoms with Crippen molar-refractivity contribution in [2.24, 2.45) is 0 Å². The smallest absolute Gasteiger partial charge is 0.231 e. The highest BCUT2D eigenvalue weighted by Crippen LogP contribution is 2.33. The van der Waals surface area contributed by atoms with Crippen LogP contribution in [0.2, 0.25) is 0 Å². The fourth-order valence-electron chi connectivity index (χ4n) is 2.90. The lowest BCUT2D eigenvalue weighted by atomic mass is 9.96. The van der Waals surface area contributed by atoms with E-state index in [0.29, 0.717) is 12.6 Å². The number of piperidine rings is 1. The van der Waals surface area contributed by atoms with Crippen molar-refractivity contribution in [2.75, 3.05) is 13.2 Å². The number of amides is 1. The zero-order valence-electron chi connectivity index (χ0n) is 11.2. The molecule has 2 N–H and O–H groups in total. The monoisotopic (exact) mass is 260 g/mol. The summed E-state index contributed by atoms with van der Waals surface area (Å²) < 4.78 is 5.57. The van der Waals surface area contributed by atoms with Gasteiger partial charge in [0.15, 0.2) is 0 Å². The van der Waals surface area contributed by atoms with Gasteiger partial charge < -0.3 is 15.4 Å². The van der Waals surface area contributed by atoms with E-state index in [2.05, 4.69) is 17.6 Å². The van der Waals surface area contributed by atoms with E-state index in [1.807, 2.05) is 24.3 Å². The second-order valence-corrected chi connectivity index (χ2v) is 5.40. The van der Waals surface area contributed by atoms with Gasteiger partial charge in [0, 0.05) is 17.6 Å². The first-order valence-corrected chi connectivity index (χ1v) is 7.01. The molecular formula is C15H20N2O2. The van der Waals surface area contributed by atoms with Crippen molar-refractivity contribution >= 4 is 5.91 Å². The number of para-hydroxylation sites is 1. The Morgan fingerprint density at radius 2 is 2.26 bits per heavy atom. The molecule has 2 aliphatic rings. The van der Waals surface area contributed by atoms with E-state index >= 15 is 0 Å². The molecule has 0 spiro atoms. The molecule has 4 heteroatoms. The Hall–Kier alpha value is -1.55. The number of carbonyl (C=O) groups excluding carboxylic acids is 1. The van der Waals surface area contributed by atoms with Gasteiger partial charge in [0.05, 0.1) is 0 Å². The maximum absolute atomic E-state index is 12.4. The third kappa shape index (κ3) is 2.45. The van der Waals surface area contributed by atoms with E-state index in [4.69, 9.17) is 4.74 Å². The van der Waals surface area contributed by atoms with Crippen LogP contribution in [-0.4, -0.2) is 31.1 Å². The molecule has 0 bridgehead atoms. The molecular weight excluding hydrogens is 240 g/mol. The highest BCUT2D eigenvalue weighted by molar-refractivity contribution is 5.85. The van der Waals surface area contributed by atoms with Crippen LogP contribution >= 0.6 is 0 Å². The number of hydrogen-bond donors (Lipinski definition) is 2. The van der Waals surface area contributed by atoms with Gasteiger partial charge in [0.25, 0.3) is 0 Å². The van der Waals surface area contributed by atoms with Gasteiger partial charge in [0.1, 0.15) is 18.3 Å². The van der Waals surface area contributed by atoms with Crippen LogP contribution in [0.5, 0.6) is 5.75 Å². The largest absolute Gasteiger partial charge is 0.492 e. The van der Waals surface area contributed by atoms with Crippen molar-refractivity contribution in [3.8, 4) is 5.75 Å². The van der Waals surface area contributed by atoms with Crippen LogP contribution in [0, 0.1) is 0 Å². The maximum Gasteiger partial charge on any atom is 0.231 e. The zero-order chi connectivity index (χ0) is 13.2. The molecule has 0 aliphatic carbocycles. The van der Waals surface area contributed by atoms with Gasteiger partial charge in [-0.1, -0.05) is 18.2 Å². The number of hydrogen-bond acceptors (Lipinski definition) is 3. The van der Waals surface area contributed by atoms with Crippen LogP contribution in [0.1, 0.15) is 31.2 Å². The molecule has 2 heterocycles. The standard InChI is InChI=1S/C15H20N2O2/c1-10-13(6-4-8-16-10)17-15(18)12-9-19-14-7-3-2-5-11(12)14/h2-3,5,7,10,12-13,16H,4,6,8-9H2,1H3,(H,17,18). The van der Waals surface area contributed by atoms with E-state index < -0.39 is 0 Å². The summed E-state index contributed by atoms with van der Waals surface area (Å²) in [6.45, 7) is 3.63. The Kier molecular flexibility index (Phi) is 3.42. The summed E-state index contributed by atoms with van der Waals surface area (Å²) >= 11 is 0. The van der Waals surface area contributed by atoms with Crippen molar-refractivity contribution in [1.29, 1.82) is 0 Å². The molecule has 1 aromatic rings. The second kappa shape index (κ2) is 5.21. The quantitative estimate of drug-likeness (QED) is 0.845. The van der Waals surface area contributed by atoms with Crippen LogP contribution in [0.15, 0.2) is 24.3 Å². The third-order valence-electron chi connectivity index (χ3n) is 4.11. The van der Waals surface area contributed by atoms with Gasteiger partial charge in [-0.3, -0.25) is 4.79 Å². The van der Waals surface area contributed by atoms with Gasteiger partial charge in [-0.25, -0.2) is 0 Å². The first kappa shape index (κ1) is 12.5. The molecule has 0 aromatic heterocycles. The molecule has 3 atom stereocenters. The highest BCUT2D eigenvalue weighted by Gasteiger charge is 2.32. The fraction of sp³-hybridized carbons (Fsp3) is 0.533. The summed E-state index contributed by atoms with van der Waals surface area (Å²) in [5.41, 5.74) is 1.01. The number of nitrogens with one attached hydrogen (secondary N) is 2. The minimum Gasteiger partial charge on any atom is -0.492 e. The van der Waals surface area contributed by atoms with E-state index in [9.17, 15) is 4.79 Å². The van der Waals surface area contributed by atoms with Gasteiger partial charge in [-0.05, 0) is 32.4 Å². The molecule has 2 aliphatic heterocycles. The van der Waals surface area contributed by atoms with Crippen LogP contribution in [-0.2, 0) is 4.79 Å². The number of benzene rings is 1. The molecule has 102 valence electrons. The minimum atomic E-state index is -0.162. The average Bonchev–Trinajstić information content (AvgIpc) is 2.85. The first-order chi connectivity index (χ1) is 9.25. The third-order valence-corrected chi connectivity index (χ3v) is 4.11. The minimum absolute atomic E-state index is 0.0884. The second-order valence-electron chi connectivity index (χ2n) is 5.40. The molecule has 3 rings (SSSR count). The lowest BCUT2D eigenvalue weighted by Gasteiger charge is -2.31. The lowest BCUT2D eigenvalue weighted by molar-refractivity contribution is -0.123. The number of carbonyl (C=O) groups is 1. The first-order valence-electron chi connectivity index (χ1n) is 7.01. The zero-order valence-corrected chi connectivity index (χ0v) is 11.2. The predicted octanol–water partition coefficient (Wildman–Crippen LogP) is 1.42. The number of ether oxygens (including phenoxy) is 1. The number of rotatable bonds is 2. The van der Waals surface area contributed by atoms with E-state index in [1.165, 1.54) is 0 Å². The van der Waals surface area contributed by atoms with Gasteiger partial charge in [-0.15, -0.1) is 0 Å². The van der Waals surface area contributed by atoms with Gasteiger partial charge >= 0.3 is 0 Å². The fourth-order valence-corrected chi connectivity index (χ4v) is 2.90. The number of fused-ring (bicyclic) bond motifs is 1. The van der Waals surface area contributed by atoms with Crippen molar-refractivity contribution in [1.82, 2.24) is 10.6 Å². The van der Waals surface area contributed by atoms with Crippen LogP contribution in [0.4, 0.5) is 0 Å². The molecule has 1 amide bonds. The summed E-state index contributed by atoms with van der Waals surface area (Å²) in [7, 11) is 0. The summed E-state index contributed by atoms with van der Waals surface area (Å²) in [5, 5.41) is 6.57. The summed E-state index contributed by atoms with van der Waals surface area (Å²) in [5.74, 6) is 0.772. The molecule has 1 saturated heterocycles. The summed E-state index contributed by atoms with van der Waals surface area (Å²) in [6, 6.07) is 8.37. The molecule has 1 aromatic carbocycles. The molecule has 1 fully saturated rings. The molecule has 3 unspecified atom stereocenters. The van der Waals surface area contributed by atoms with Crippen molar-refractivity contribution in [3.05, 3.63) is 29.8 Å². The maximum atomic E-state index is 12.4. The van der Waals surface area contributed by atoms with E-state index in [0.717, 1.165) is 30.7 Å². The Labute approximate surface area is 113 Å². The lowest BCUT2D eigenvalue weighted by Crippen LogP contribution is -2.52. The van der Waals surface area contributed by atoms with E-state index in [-0.39, 0.29) is 17.9 Å². The Morgan fingerprint density at radius 3 is 3.11 bits per heavy atom. The van der Waals surface area contributed by atoms with E-state index in [1.54, 1.807) is 0 Å². The molecule has 19 heavy (non-hydrogen) atoms. The average molecular weight is 260 g/mol. The topological polar surface area (TPSA) is 50.4 Å². The Balaban J connectivity index is 1.68. The normalized spacial score (nSPS) is 29.4. The summed E-state index contributed by atoms with van der Waals surface area (Å²) in [4.78, 5) is 12.4. The van der Waals surface area contributed by atoms with Crippen LogP contribution in [0.3, 0.4) is 0 Å². The van der Waals surface area contributed by atoms with Crippen LogP contribution in [0.25, 0.3) is 0 Å². The molecule has 0 radical (unpaired) electrons.